The maximum Gasteiger partial charge on any atom is 3.00 e. The summed E-state index contributed by atoms with van der Waals surface area (Å²) in [5.74, 6) is -17.4. The molecule has 24 N–H and O–H groups in total. The number of aliphatic carboxylic acids is 12. The molecule has 0 heterocycles. The molecule has 0 aliphatic carbocycles. The number of carboxylic acids is 12. The fourth-order valence-electron chi connectivity index (χ4n) is 1.31. The van der Waals surface area contributed by atoms with Crippen LogP contribution in [0.25, 0.3) is 0 Å². The second-order valence-corrected chi connectivity index (χ2v) is 7.42. The van der Waals surface area contributed by atoms with Gasteiger partial charge in [-0.15, -0.1) is 0 Å². The maximum absolute atomic E-state index is 9.53. The standard InChI is InChI=1S/6C4H6O5.3Ca.2Ho.12H2O/c6*5-3(6)1-9-2-4(7)8;;;;;;;;;;;;;;;;;/h6*1-2H2,(H,5,6)(H,7,8);;;;;;12*1H2/q;;;;;;3*+2;2*+3;;;;;;;;;;;;/p-12. The zero-order valence-corrected chi connectivity index (χ0v) is 46.0. The van der Waals surface area contributed by atoms with Gasteiger partial charge in [0.1, 0.15) is 0 Å². The van der Waals surface area contributed by atoms with Crippen LogP contribution in [0, 0.1) is 75.5 Å². The largest absolute Gasteiger partial charge is 3.00 e. The van der Waals surface area contributed by atoms with Crippen LogP contribution in [0.3, 0.4) is 0 Å². The van der Waals surface area contributed by atoms with E-state index in [0.29, 0.717) is 0 Å². The molecule has 0 unspecified atom stereocenters. The van der Waals surface area contributed by atoms with E-state index in [1.807, 2.05) is 0 Å². The number of carboxylic acid groups (broad SMARTS) is 12. The Morgan fingerprint density at radius 3 is 0.254 bits per heavy atom. The van der Waals surface area contributed by atoms with Crippen molar-refractivity contribution in [3.8, 4) is 0 Å². The van der Waals surface area contributed by atoms with E-state index in [1.54, 1.807) is 0 Å². The number of hydrogen-bond donors (Lipinski definition) is 0. The first-order valence-corrected chi connectivity index (χ1v) is 12.6. The van der Waals surface area contributed by atoms with E-state index in [4.69, 9.17) is 0 Å². The molecule has 0 aromatic rings. The van der Waals surface area contributed by atoms with E-state index < -0.39 is 151 Å². The Morgan fingerprint density at radius 2 is 0.225 bits per heavy atom. The fourth-order valence-corrected chi connectivity index (χ4v) is 1.31. The summed E-state index contributed by atoms with van der Waals surface area (Å²) in [6.45, 7) is -8.57. The molecule has 0 fully saturated rings. The fraction of sp³-hybridized carbons (Fsp3) is 0.500. The summed E-state index contributed by atoms with van der Waals surface area (Å²) in [6, 6.07) is 0. The molecule has 0 aromatic heterocycles. The Labute approximate surface area is 545 Å². The smallest absolute Gasteiger partial charge is 0.548 e. The minimum atomic E-state index is -1.45. The molecule has 47 heteroatoms. The van der Waals surface area contributed by atoms with Gasteiger partial charge in [-0.1, -0.05) is 0 Å². The molecule has 0 atom stereocenters. The first kappa shape index (κ1) is 151. The molecule has 424 valence electrons. The average molecular weight is 1460 g/mol. The third kappa shape index (κ3) is 252. The average Bonchev–Trinajstić information content (AvgIpc) is 2.96. The van der Waals surface area contributed by atoms with Crippen molar-refractivity contribution in [1.82, 2.24) is 0 Å². The van der Waals surface area contributed by atoms with Gasteiger partial charge < -0.3 is 213 Å². The molecule has 0 aliphatic rings. The molecule has 42 nitrogen and oxygen atoms in total. The quantitative estimate of drug-likeness (QED) is 0.0810. The van der Waals surface area contributed by atoms with Crippen LogP contribution in [-0.4, -0.2) is 330 Å². The molecule has 0 spiro atoms. The monoisotopic (exact) mass is 1460 g/mol. The van der Waals surface area contributed by atoms with Crippen LogP contribution in [0.5, 0.6) is 0 Å². The molecular weight excluding hydrogens is 1410 g/mol. The third-order valence-corrected chi connectivity index (χ3v) is 2.64. The Bertz CT molecular complexity index is 897. The van der Waals surface area contributed by atoms with E-state index >= 15 is 0 Å². The number of carbonyl (C=O) groups is 12. The van der Waals surface area contributed by atoms with Crippen molar-refractivity contribution in [2.24, 2.45) is 0 Å². The summed E-state index contributed by atoms with van der Waals surface area (Å²) in [5, 5.41) is 114. The Balaban J connectivity index is -0.0000000177. The van der Waals surface area contributed by atoms with Crippen LogP contribution in [0.15, 0.2) is 0 Å². The summed E-state index contributed by atoms with van der Waals surface area (Å²) < 4.78 is 24.2. The second-order valence-electron chi connectivity index (χ2n) is 7.42. The van der Waals surface area contributed by atoms with E-state index in [-0.39, 0.29) is 254 Å². The van der Waals surface area contributed by atoms with E-state index in [1.165, 1.54) is 0 Å². The van der Waals surface area contributed by atoms with Crippen molar-refractivity contribution in [3.63, 3.8) is 0 Å². The Kier molecular flexibility index (Phi) is 242. The van der Waals surface area contributed by atoms with Gasteiger partial charge in [-0.05, 0) is 0 Å². The summed E-state index contributed by atoms with van der Waals surface area (Å²) in [6.07, 6.45) is 0. The number of hydrogen-bond acceptors (Lipinski definition) is 30. The molecule has 0 aromatic carbocycles. The van der Waals surface area contributed by atoms with Crippen molar-refractivity contribution >= 4 is 185 Å². The maximum atomic E-state index is 9.53. The van der Waals surface area contributed by atoms with Gasteiger partial charge in [-0.25, -0.2) is 0 Å². The molecule has 0 aliphatic heterocycles. The van der Waals surface area contributed by atoms with Gasteiger partial charge in [0.25, 0.3) is 0 Å². The van der Waals surface area contributed by atoms with Gasteiger partial charge in [0.05, 0.1) is 151 Å². The van der Waals surface area contributed by atoms with Crippen LogP contribution in [-0.2, 0) is 86.0 Å². The van der Waals surface area contributed by atoms with E-state index in [9.17, 15) is 119 Å². The topological polar surface area (TPSA) is 915 Å². The van der Waals surface area contributed by atoms with Crippen molar-refractivity contribution in [2.45, 2.75) is 0 Å². The van der Waals surface area contributed by atoms with Crippen LogP contribution in [0.4, 0.5) is 0 Å². The van der Waals surface area contributed by atoms with Gasteiger partial charge in [0, 0.05) is 0 Å². The summed E-state index contributed by atoms with van der Waals surface area (Å²) in [5.41, 5.74) is 0. The first-order valence-electron chi connectivity index (χ1n) is 12.6. The predicted molar refractivity (Wildman–Crippen MR) is 186 cm³/mol. The molecular formula is C24H48Ca3Ho2O42. The second kappa shape index (κ2) is 114. The van der Waals surface area contributed by atoms with Gasteiger partial charge in [-0.2, -0.15) is 0 Å². The first-order chi connectivity index (χ1) is 24.8. The van der Waals surface area contributed by atoms with Gasteiger partial charge >= 0.3 is 189 Å². The normalized spacial score (nSPS) is 6.76. The van der Waals surface area contributed by atoms with Crippen molar-refractivity contribution in [1.29, 1.82) is 0 Å². The Hall–Kier alpha value is -0.781. The van der Waals surface area contributed by atoms with Crippen molar-refractivity contribution < 1.29 is 288 Å². The molecule has 0 saturated heterocycles. The van der Waals surface area contributed by atoms with Crippen LogP contribution >= 0.6 is 0 Å². The summed E-state index contributed by atoms with van der Waals surface area (Å²) in [7, 11) is 0. The summed E-state index contributed by atoms with van der Waals surface area (Å²) in [4.78, 5) is 114. The minimum Gasteiger partial charge on any atom is -0.548 e. The minimum absolute atomic E-state index is 0. The number of carbonyl (C=O) groups excluding carboxylic acids is 12. The van der Waals surface area contributed by atoms with E-state index in [0.717, 1.165) is 0 Å². The Morgan fingerprint density at radius 1 is 0.183 bits per heavy atom. The molecule has 0 amide bonds. The zero-order valence-electron chi connectivity index (χ0n) is 35.5. The van der Waals surface area contributed by atoms with Crippen LogP contribution < -0.4 is 61.3 Å². The van der Waals surface area contributed by atoms with Gasteiger partial charge in [0.15, 0.2) is 0 Å². The predicted octanol–water partition coefficient (Wildman–Crippen LogP) is -32.0. The number of ether oxygens (including phenoxy) is 6. The van der Waals surface area contributed by atoms with Crippen molar-refractivity contribution in [2.75, 3.05) is 79.3 Å². The van der Waals surface area contributed by atoms with Gasteiger partial charge in [-0.3, -0.25) is 0 Å². The van der Waals surface area contributed by atoms with Gasteiger partial charge in [0.2, 0.25) is 0 Å². The molecule has 0 rings (SSSR count). The zero-order chi connectivity index (χ0) is 43.7. The number of rotatable bonds is 24. The molecule has 0 bridgehead atoms. The third-order valence-electron chi connectivity index (χ3n) is 2.64. The SMILES string of the molecule is O.O.O.O.O.O.O.O.O.O.O.O.O=C([O-])COCC(=O)[O-].O=C([O-])COCC(=O)[O-].O=C([O-])COCC(=O)[O-].O=C([O-])COCC(=O)[O-].O=C([O-])COCC(=O)[O-].O=C([O-])COCC(=O)[O-].[Ca+2].[Ca+2].[Ca+2].[Ho+3].[Ho+3]. The van der Waals surface area contributed by atoms with E-state index in [2.05, 4.69) is 28.4 Å². The molecule has 71 heavy (non-hydrogen) atoms. The molecule has 0 radical (unpaired) electrons. The summed E-state index contributed by atoms with van der Waals surface area (Å²) >= 11 is 0. The van der Waals surface area contributed by atoms with Crippen LogP contribution in [0.1, 0.15) is 0 Å². The van der Waals surface area contributed by atoms with Crippen LogP contribution in [0.2, 0.25) is 0 Å². The molecule has 0 saturated carbocycles. The van der Waals surface area contributed by atoms with Crippen molar-refractivity contribution in [3.05, 3.63) is 0 Å².